The van der Waals surface area contributed by atoms with Crippen LogP contribution in [0.3, 0.4) is 0 Å². The Morgan fingerprint density at radius 1 is 1.09 bits per heavy atom. The zero-order valence-electron chi connectivity index (χ0n) is 12.2. The lowest BCUT2D eigenvalue weighted by molar-refractivity contribution is 0.594. The molecule has 0 bridgehead atoms. The molecule has 6 nitrogen and oxygen atoms in total. The molecule has 0 radical (unpaired) electrons. The van der Waals surface area contributed by atoms with E-state index >= 15 is 0 Å². The largest absolute Gasteiger partial charge is 0.263 e. The fourth-order valence-corrected chi connectivity index (χ4v) is 3.82. The van der Waals surface area contributed by atoms with Crippen molar-refractivity contribution in [1.82, 2.24) is 9.97 Å². The summed E-state index contributed by atoms with van der Waals surface area (Å²) in [7, 11) is -6.87. The SMILES string of the molecule is Cc1cncc(S(=O)(=O)CCc2ccnc(S(C)(=O)=O)c2)c1. The van der Waals surface area contributed by atoms with E-state index in [1.807, 2.05) is 0 Å². The minimum absolute atomic E-state index is 0.0559. The van der Waals surface area contributed by atoms with Crippen LogP contribution in [0.1, 0.15) is 11.1 Å². The first kappa shape index (κ1) is 16.6. The summed E-state index contributed by atoms with van der Waals surface area (Å²) in [5.74, 6) is -0.120. The van der Waals surface area contributed by atoms with Gasteiger partial charge in [-0.15, -0.1) is 0 Å². The minimum Gasteiger partial charge on any atom is -0.263 e. The van der Waals surface area contributed by atoms with Crippen LogP contribution < -0.4 is 0 Å². The van der Waals surface area contributed by atoms with Crippen LogP contribution in [-0.4, -0.2) is 38.8 Å². The van der Waals surface area contributed by atoms with E-state index in [0.29, 0.717) is 5.56 Å². The van der Waals surface area contributed by atoms with Crippen LogP contribution in [0.5, 0.6) is 0 Å². The molecule has 2 rings (SSSR count). The average Bonchev–Trinajstić information content (AvgIpc) is 2.45. The van der Waals surface area contributed by atoms with Gasteiger partial charge in [-0.3, -0.25) is 4.98 Å². The highest BCUT2D eigenvalue weighted by Crippen LogP contribution is 2.14. The van der Waals surface area contributed by atoms with Gasteiger partial charge in [-0.25, -0.2) is 21.8 Å². The van der Waals surface area contributed by atoms with Crippen molar-refractivity contribution >= 4 is 19.7 Å². The topological polar surface area (TPSA) is 94.1 Å². The highest BCUT2D eigenvalue weighted by Gasteiger charge is 2.16. The normalized spacial score (nSPS) is 12.3. The maximum absolute atomic E-state index is 12.3. The van der Waals surface area contributed by atoms with Gasteiger partial charge in [0.1, 0.15) is 0 Å². The van der Waals surface area contributed by atoms with Gasteiger partial charge < -0.3 is 0 Å². The minimum atomic E-state index is -3.46. The highest BCUT2D eigenvalue weighted by molar-refractivity contribution is 7.91. The summed E-state index contributed by atoms with van der Waals surface area (Å²) >= 11 is 0. The maximum Gasteiger partial charge on any atom is 0.192 e. The summed E-state index contributed by atoms with van der Waals surface area (Å²) in [4.78, 5) is 7.83. The Balaban J connectivity index is 2.20. The summed E-state index contributed by atoms with van der Waals surface area (Å²) in [6, 6.07) is 4.58. The van der Waals surface area contributed by atoms with Crippen LogP contribution in [0.25, 0.3) is 0 Å². The number of sulfone groups is 2. The molecule has 2 heterocycles. The molecule has 0 saturated heterocycles. The van der Waals surface area contributed by atoms with E-state index in [-0.39, 0.29) is 22.1 Å². The van der Waals surface area contributed by atoms with Crippen molar-refractivity contribution in [2.75, 3.05) is 12.0 Å². The van der Waals surface area contributed by atoms with Gasteiger partial charge in [-0.2, -0.15) is 0 Å². The van der Waals surface area contributed by atoms with Gasteiger partial charge in [0.25, 0.3) is 0 Å². The van der Waals surface area contributed by atoms with Crippen molar-refractivity contribution in [2.45, 2.75) is 23.3 Å². The molecule has 0 aliphatic carbocycles. The summed E-state index contributed by atoms with van der Waals surface area (Å²) < 4.78 is 47.4. The zero-order chi connectivity index (χ0) is 16.4. The van der Waals surface area contributed by atoms with Gasteiger partial charge in [0.2, 0.25) is 0 Å². The van der Waals surface area contributed by atoms with Gasteiger partial charge in [-0.1, -0.05) is 0 Å². The number of nitrogens with zero attached hydrogens (tertiary/aromatic N) is 2. The van der Waals surface area contributed by atoms with E-state index in [2.05, 4.69) is 9.97 Å². The predicted octanol–water partition coefficient (Wildman–Crippen LogP) is 1.20. The number of hydrogen-bond acceptors (Lipinski definition) is 6. The molecule has 0 saturated carbocycles. The number of pyridine rings is 2. The molecular weight excluding hydrogens is 324 g/mol. The van der Waals surface area contributed by atoms with Crippen LogP contribution in [0, 0.1) is 6.92 Å². The first-order valence-electron chi connectivity index (χ1n) is 6.48. The van der Waals surface area contributed by atoms with Crippen molar-refractivity contribution in [3.63, 3.8) is 0 Å². The molecular formula is C14H16N2O4S2. The fraction of sp³-hybridized carbons (Fsp3) is 0.286. The molecule has 2 aromatic heterocycles. The van der Waals surface area contributed by atoms with Crippen LogP contribution in [0.4, 0.5) is 0 Å². The monoisotopic (exact) mass is 340 g/mol. The fourth-order valence-electron chi connectivity index (χ4n) is 1.88. The Bertz CT molecular complexity index is 891. The van der Waals surface area contributed by atoms with Crippen LogP contribution in [-0.2, 0) is 26.1 Å². The Morgan fingerprint density at radius 3 is 2.45 bits per heavy atom. The second-order valence-corrected chi connectivity index (χ2v) is 9.11. The van der Waals surface area contributed by atoms with Crippen LogP contribution >= 0.6 is 0 Å². The van der Waals surface area contributed by atoms with E-state index in [1.165, 1.54) is 18.5 Å². The second kappa shape index (κ2) is 6.13. The van der Waals surface area contributed by atoms with Crippen molar-refractivity contribution < 1.29 is 16.8 Å². The van der Waals surface area contributed by atoms with Gasteiger partial charge in [0.15, 0.2) is 24.7 Å². The third-order valence-electron chi connectivity index (χ3n) is 3.05. The first-order valence-corrected chi connectivity index (χ1v) is 10.0. The Hall–Kier alpha value is -1.80. The summed E-state index contributed by atoms with van der Waals surface area (Å²) in [5, 5.41) is -0.0559. The smallest absolute Gasteiger partial charge is 0.192 e. The summed E-state index contributed by atoms with van der Waals surface area (Å²) in [6.07, 6.45) is 5.54. The first-order chi connectivity index (χ1) is 10.2. The molecule has 0 atom stereocenters. The van der Waals surface area contributed by atoms with Gasteiger partial charge in [0, 0.05) is 24.8 Å². The van der Waals surface area contributed by atoms with Crippen molar-refractivity contribution in [1.29, 1.82) is 0 Å². The van der Waals surface area contributed by atoms with E-state index in [0.717, 1.165) is 11.8 Å². The maximum atomic E-state index is 12.3. The Morgan fingerprint density at radius 2 is 1.82 bits per heavy atom. The molecule has 0 aliphatic heterocycles. The number of rotatable bonds is 5. The zero-order valence-corrected chi connectivity index (χ0v) is 13.9. The molecule has 22 heavy (non-hydrogen) atoms. The Kier molecular flexibility index (Phi) is 4.62. The molecule has 8 heteroatoms. The molecule has 0 aliphatic rings. The molecule has 0 amide bonds. The van der Waals surface area contributed by atoms with E-state index < -0.39 is 19.7 Å². The van der Waals surface area contributed by atoms with Gasteiger partial charge in [0.05, 0.1) is 10.6 Å². The molecule has 2 aromatic rings. The van der Waals surface area contributed by atoms with E-state index in [4.69, 9.17) is 0 Å². The molecule has 0 unspecified atom stereocenters. The number of aryl methyl sites for hydroxylation is 2. The molecule has 0 fully saturated rings. The predicted molar refractivity (Wildman–Crippen MR) is 82.1 cm³/mol. The number of aromatic nitrogens is 2. The second-order valence-electron chi connectivity index (χ2n) is 5.04. The molecule has 0 N–H and O–H groups in total. The average molecular weight is 340 g/mol. The van der Waals surface area contributed by atoms with Crippen molar-refractivity contribution in [2.24, 2.45) is 0 Å². The highest BCUT2D eigenvalue weighted by atomic mass is 32.2. The van der Waals surface area contributed by atoms with Crippen LogP contribution in [0.15, 0.2) is 46.7 Å². The van der Waals surface area contributed by atoms with Gasteiger partial charge >= 0.3 is 0 Å². The van der Waals surface area contributed by atoms with E-state index in [1.54, 1.807) is 25.3 Å². The third kappa shape index (κ3) is 4.11. The van der Waals surface area contributed by atoms with Crippen molar-refractivity contribution in [3.8, 4) is 0 Å². The molecule has 118 valence electrons. The molecule has 0 spiro atoms. The lowest BCUT2D eigenvalue weighted by atomic mass is 10.2. The lowest BCUT2D eigenvalue weighted by Crippen LogP contribution is -2.10. The van der Waals surface area contributed by atoms with E-state index in [9.17, 15) is 16.8 Å². The van der Waals surface area contributed by atoms with Gasteiger partial charge in [-0.05, 0) is 42.7 Å². The third-order valence-corrected chi connectivity index (χ3v) is 5.71. The quantitative estimate of drug-likeness (QED) is 0.812. The summed E-state index contributed by atoms with van der Waals surface area (Å²) in [5.41, 5.74) is 1.38. The Labute approximate surface area is 130 Å². The lowest BCUT2D eigenvalue weighted by Gasteiger charge is -2.06. The van der Waals surface area contributed by atoms with Crippen molar-refractivity contribution in [3.05, 3.63) is 47.9 Å². The number of hydrogen-bond donors (Lipinski definition) is 0. The standard InChI is InChI=1S/C14H16N2O4S2/c1-11-7-13(10-15-9-11)22(19,20)6-4-12-3-5-16-14(8-12)21(2,17)18/h3,5,7-10H,4,6H2,1-2H3. The molecule has 0 aromatic carbocycles. The summed E-state index contributed by atoms with van der Waals surface area (Å²) in [6.45, 7) is 1.77. The van der Waals surface area contributed by atoms with Crippen LogP contribution in [0.2, 0.25) is 0 Å².